The van der Waals surface area contributed by atoms with Crippen molar-refractivity contribution in [2.75, 3.05) is 0 Å². The Morgan fingerprint density at radius 1 is 1.62 bits per heavy atom. The van der Waals surface area contributed by atoms with Gasteiger partial charge >= 0.3 is 0 Å². The highest BCUT2D eigenvalue weighted by Gasteiger charge is 2.24. The van der Waals surface area contributed by atoms with Crippen LogP contribution in [0.4, 0.5) is 0 Å². The molecule has 1 heterocycles. The minimum Gasteiger partial charge on any atom is -0.385 e. The fraction of sp³-hybridized carbons (Fsp3) is 0.636. The molecule has 0 radical (unpaired) electrons. The Balaban J connectivity index is 3.02. The molecule has 16 heavy (non-hydrogen) atoms. The Bertz CT molecular complexity index is 374. The Labute approximate surface area is 100 Å². The topological polar surface area (TPSA) is 55.1 Å². The predicted octanol–water partition coefficient (Wildman–Crippen LogP) is 2.46. The van der Waals surface area contributed by atoms with E-state index in [1.54, 1.807) is 4.68 Å². The van der Waals surface area contributed by atoms with Gasteiger partial charge in [-0.15, -0.1) is 0 Å². The quantitative estimate of drug-likeness (QED) is 0.810. The molecule has 1 rings (SSSR count). The van der Waals surface area contributed by atoms with E-state index in [1.807, 2.05) is 20.8 Å². The van der Waals surface area contributed by atoms with E-state index >= 15 is 0 Å². The molecule has 0 saturated carbocycles. The standard InChI is InChI=1S/C11H17ClN2O2/c1-4-5-9(15)11(16)10-8(12)6-13-14(10)7(2)3/h6-7,9,15H,4-5H2,1-3H3. The summed E-state index contributed by atoms with van der Waals surface area (Å²) in [6, 6.07) is 0.0419. The lowest BCUT2D eigenvalue weighted by Gasteiger charge is -2.13. The first-order chi connectivity index (χ1) is 7.49. The molecule has 0 aromatic carbocycles. The molecule has 0 saturated heterocycles. The first kappa shape index (κ1) is 13.2. The van der Waals surface area contributed by atoms with Crippen LogP contribution in [0.2, 0.25) is 5.02 Å². The number of hydrogen-bond donors (Lipinski definition) is 1. The third-order valence-corrected chi connectivity index (χ3v) is 2.61. The van der Waals surface area contributed by atoms with E-state index in [0.717, 1.165) is 6.42 Å². The van der Waals surface area contributed by atoms with Crippen molar-refractivity contribution in [2.45, 2.75) is 45.8 Å². The maximum absolute atomic E-state index is 11.9. The minimum atomic E-state index is -0.989. The average Bonchev–Trinajstić information content (AvgIpc) is 2.59. The van der Waals surface area contributed by atoms with Crippen molar-refractivity contribution >= 4 is 17.4 Å². The van der Waals surface area contributed by atoms with Crippen LogP contribution >= 0.6 is 11.6 Å². The summed E-state index contributed by atoms with van der Waals surface area (Å²) in [4.78, 5) is 11.9. The lowest BCUT2D eigenvalue weighted by Crippen LogP contribution is -2.24. The summed E-state index contributed by atoms with van der Waals surface area (Å²) in [7, 11) is 0. The smallest absolute Gasteiger partial charge is 0.210 e. The van der Waals surface area contributed by atoms with Crippen LogP contribution in [0.25, 0.3) is 0 Å². The van der Waals surface area contributed by atoms with E-state index in [0.29, 0.717) is 17.1 Å². The number of hydrogen-bond acceptors (Lipinski definition) is 3. The molecule has 90 valence electrons. The van der Waals surface area contributed by atoms with Crippen molar-refractivity contribution in [1.82, 2.24) is 9.78 Å². The molecule has 1 aromatic heterocycles. The molecule has 4 nitrogen and oxygen atoms in total. The van der Waals surface area contributed by atoms with E-state index in [2.05, 4.69) is 5.10 Å². The highest BCUT2D eigenvalue weighted by atomic mass is 35.5. The van der Waals surface area contributed by atoms with E-state index in [1.165, 1.54) is 6.20 Å². The SMILES string of the molecule is CCCC(O)C(=O)c1c(Cl)cnn1C(C)C. The third kappa shape index (κ3) is 2.62. The number of carbonyl (C=O) groups is 1. The van der Waals surface area contributed by atoms with Crippen molar-refractivity contribution in [1.29, 1.82) is 0 Å². The summed E-state index contributed by atoms with van der Waals surface area (Å²) in [6.07, 6.45) is 1.64. The molecular formula is C11H17ClN2O2. The maximum Gasteiger partial charge on any atom is 0.210 e. The second kappa shape index (κ2) is 5.46. The summed E-state index contributed by atoms with van der Waals surface area (Å²) >= 11 is 5.91. The van der Waals surface area contributed by atoms with Gasteiger partial charge in [0.25, 0.3) is 0 Å². The molecule has 0 aliphatic carbocycles. The lowest BCUT2D eigenvalue weighted by molar-refractivity contribution is 0.0716. The van der Waals surface area contributed by atoms with Crippen LogP contribution in [0, 0.1) is 0 Å². The highest BCUT2D eigenvalue weighted by molar-refractivity contribution is 6.33. The van der Waals surface area contributed by atoms with Crippen molar-refractivity contribution in [2.24, 2.45) is 0 Å². The van der Waals surface area contributed by atoms with Crippen molar-refractivity contribution in [3.05, 3.63) is 16.9 Å². The van der Waals surface area contributed by atoms with Crippen LogP contribution in [-0.2, 0) is 0 Å². The van der Waals surface area contributed by atoms with E-state index in [9.17, 15) is 9.90 Å². The number of Topliss-reactive ketones (excluding diaryl/α,β-unsaturated/α-hetero) is 1. The van der Waals surface area contributed by atoms with Gasteiger partial charge in [-0.3, -0.25) is 9.48 Å². The van der Waals surface area contributed by atoms with Crippen LogP contribution in [0.3, 0.4) is 0 Å². The summed E-state index contributed by atoms with van der Waals surface area (Å²) in [5.41, 5.74) is 0.303. The molecule has 0 bridgehead atoms. The Morgan fingerprint density at radius 2 is 2.25 bits per heavy atom. The number of halogens is 1. The summed E-state index contributed by atoms with van der Waals surface area (Å²) < 4.78 is 1.55. The lowest BCUT2D eigenvalue weighted by atomic mass is 10.1. The van der Waals surface area contributed by atoms with Gasteiger partial charge in [0.1, 0.15) is 11.8 Å². The molecule has 0 aliphatic rings. The number of rotatable bonds is 5. The highest BCUT2D eigenvalue weighted by Crippen LogP contribution is 2.21. The average molecular weight is 245 g/mol. The van der Waals surface area contributed by atoms with Gasteiger partial charge in [-0.1, -0.05) is 24.9 Å². The zero-order valence-corrected chi connectivity index (χ0v) is 10.5. The fourth-order valence-corrected chi connectivity index (χ4v) is 1.75. The van der Waals surface area contributed by atoms with E-state index in [-0.39, 0.29) is 11.8 Å². The molecule has 0 amide bonds. The van der Waals surface area contributed by atoms with Gasteiger partial charge in [0.15, 0.2) is 0 Å². The molecule has 0 spiro atoms. The zero-order valence-electron chi connectivity index (χ0n) is 9.77. The molecule has 5 heteroatoms. The summed E-state index contributed by atoms with van der Waals surface area (Å²) in [6.45, 7) is 5.73. The minimum absolute atomic E-state index is 0.0419. The zero-order chi connectivity index (χ0) is 12.3. The van der Waals surface area contributed by atoms with Crippen LogP contribution in [-0.4, -0.2) is 26.8 Å². The summed E-state index contributed by atoms with van der Waals surface area (Å²) in [5.74, 6) is -0.349. The number of carbonyl (C=O) groups excluding carboxylic acids is 1. The monoisotopic (exact) mass is 244 g/mol. The molecule has 1 aromatic rings. The van der Waals surface area contributed by atoms with Crippen molar-refractivity contribution < 1.29 is 9.90 Å². The molecule has 1 unspecified atom stereocenters. The van der Waals surface area contributed by atoms with Gasteiger partial charge in [-0.2, -0.15) is 5.10 Å². The fourth-order valence-electron chi connectivity index (χ4n) is 1.53. The Hall–Kier alpha value is -0.870. The van der Waals surface area contributed by atoms with Crippen LogP contribution < -0.4 is 0 Å². The number of ketones is 1. The number of aromatic nitrogens is 2. The molecular weight excluding hydrogens is 228 g/mol. The number of aliphatic hydroxyl groups excluding tert-OH is 1. The maximum atomic E-state index is 11.9. The first-order valence-corrected chi connectivity index (χ1v) is 5.82. The normalized spacial score (nSPS) is 13.1. The van der Waals surface area contributed by atoms with Gasteiger partial charge in [0, 0.05) is 6.04 Å². The second-order valence-corrected chi connectivity index (χ2v) is 4.46. The Morgan fingerprint density at radius 3 is 2.75 bits per heavy atom. The summed E-state index contributed by atoms with van der Waals surface area (Å²) in [5, 5.41) is 14.0. The molecule has 0 fully saturated rings. The molecule has 0 aliphatic heterocycles. The molecule has 1 atom stereocenters. The van der Waals surface area contributed by atoms with Crippen LogP contribution in [0.1, 0.15) is 50.1 Å². The molecule has 1 N–H and O–H groups in total. The largest absolute Gasteiger partial charge is 0.385 e. The van der Waals surface area contributed by atoms with Crippen LogP contribution in [0.15, 0.2) is 6.20 Å². The van der Waals surface area contributed by atoms with Gasteiger partial charge in [-0.25, -0.2) is 0 Å². The van der Waals surface area contributed by atoms with Gasteiger partial charge in [-0.05, 0) is 20.3 Å². The van der Waals surface area contributed by atoms with Gasteiger partial charge in [0.2, 0.25) is 5.78 Å². The number of nitrogens with zero attached hydrogens (tertiary/aromatic N) is 2. The van der Waals surface area contributed by atoms with Gasteiger partial charge < -0.3 is 5.11 Å². The number of aliphatic hydroxyl groups is 1. The first-order valence-electron chi connectivity index (χ1n) is 5.44. The van der Waals surface area contributed by atoms with E-state index < -0.39 is 6.10 Å². The van der Waals surface area contributed by atoms with Crippen LogP contribution in [0.5, 0.6) is 0 Å². The van der Waals surface area contributed by atoms with Crippen molar-refractivity contribution in [3.8, 4) is 0 Å². The van der Waals surface area contributed by atoms with E-state index in [4.69, 9.17) is 11.6 Å². The second-order valence-electron chi connectivity index (χ2n) is 4.05. The predicted molar refractivity (Wildman–Crippen MR) is 62.9 cm³/mol. The Kier molecular flexibility index (Phi) is 4.50. The third-order valence-electron chi connectivity index (χ3n) is 2.34. The van der Waals surface area contributed by atoms with Gasteiger partial charge in [0.05, 0.1) is 11.2 Å². The van der Waals surface area contributed by atoms with Crippen molar-refractivity contribution in [3.63, 3.8) is 0 Å².